The topological polar surface area (TPSA) is 199 Å². The van der Waals surface area contributed by atoms with Gasteiger partial charge in [0.2, 0.25) is 17.7 Å². The van der Waals surface area contributed by atoms with E-state index in [2.05, 4.69) is 16.0 Å². The standard InChI is InChI=1S/C29H51N3O9/c1-30-24(33)20-18-22(28(38)39)32-26(35)21-19-23(29(40)41)31-25(34)16-14-12-10-8-6-4-2-3-5-7-9-11-13-15-17-27(36)37/h22-23H,2-21H2,1H3,(H,30,33)(H,31,34)(H,32,35)(H,36,37)(H,38,39)(H,40,41)/t22-,23-/m0/s1. The minimum Gasteiger partial charge on any atom is -0.481 e. The zero-order valence-corrected chi connectivity index (χ0v) is 24.6. The number of unbranched alkanes of at least 4 members (excludes halogenated alkanes) is 13. The molecule has 12 nitrogen and oxygen atoms in total. The number of aliphatic carboxylic acids is 3. The van der Waals surface area contributed by atoms with Crippen molar-refractivity contribution in [3.8, 4) is 0 Å². The van der Waals surface area contributed by atoms with Crippen molar-refractivity contribution in [1.29, 1.82) is 0 Å². The van der Waals surface area contributed by atoms with Crippen molar-refractivity contribution < 1.29 is 44.1 Å². The van der Waals surface area contributed by atoms with Gasteiger partial charge in [-0.1, -0.05) is 77.0 Å². The Morgan fingerprint density at radius 3 is 1.12 bits per heavy atom. The molecular weight excluding hydrogens is 534 g/mol. The Morgan fingerprint density at radius 2 is 0.780 bits per heavy atom. The molecule has 0 fully saturated rings. The Kier molecular flexibility index (Phi) is 22.7. The van der Waals surface area contributed by atoms with Gasteiger partial charge in [-0.3, -0.25) is 19.2 Å². The molecule has 0 aromatic carbocycles. The lowest BCUT2D eigenvalue weighted by atomic mass is 10.0. The molecule has 0 aliphatic rings. The van der Waals surface area contributed by atoms with Crippen LogP contribution < -0.4 is 16.0 Å². The van der Waals surface area contributed by atoms with Crippen molar-refractivity contribution in [2.24, 2.45) is 0 Å². The first-order valence-corrected chi connectivity index (χ1v) is 15.0. The molecule has 0 heterocycles. The highest BCUT2D eigenvalue weighted by atomic mass is 16.4. The van der Waals surface area contributed by atoms with E-state index in [1.807, 2.05) is 0 Å². The minimum atomic E-state index is -1.29. The lowest BCUT2D eigenvalue weighted by molar-refractivity contribution is -0.143. The average Bonchev–Trinajstić information content (AvgIpc) is 2.92. The Labute approximate surface area is 243 Å². The van der Waals surface area contributed by atoms with Crippen molar-refractivity contribution in [1.82, 2.24) is 16.0 Å². The Bertz CT molecular complexity index is 804. The molecule has 41 heavy (non-hydrogen) atoms. The molecule has 0 saturated carbocycles. The summed E-state index contributed by atoms with van der Waals surface area (Å²) in [6.07, 6.45) is 14.7. The van der Waals surface area contributed by atoms with Gasteiger partial charge >= 0.3 is 17.9 Å². The summed E-state index contributed by atoms with van der Waals surface area (Å²) in [5.74, 6) is -4.70. The fraction of sp³-hybridized carbons (Fsp3) is 0.793. The number of hydrogen-bond donors (Lipinski definition) is 6. The van der Waals surface area contributed by atoms with Crippen LogP contribution in [0.15, 0.2) is 0 Å². The highest BCUT2D eigenvalue weighted by Crippen LogP contribution is 2.14. The average molecular weight is 586 g/mol. The van der Waals surface area contributed by atoms with E-state index < -0.39 is 41.8 Å². The molecule has 6 N–H and O–H groups in total. The van der Waals surface area contributed by atoms with Gasteiger partial charge in [-0.15, -0.1) is 0 Å². The second kappa shape index (κ2) is 24.6. The third kappa shape index (κ3) is 23.2. The monoisotopic (exact) mass is 585 g/mol. The van der Waals surface area contributed by atoms with Crippen molar-refractivity contribution in [2.75, 3.05) is 7.05 Å². The van der Waals surface area contributed by atoms with Crippen LogP contribution in [0.5, 0.6) is 0 Å². The van der Waals surface area contributed by atoms with Gasteiger partial charge < -0.3 is 31.3 Å². The van der Waals surface area contributed by atoms with Crippen LogP contribution in [0.2, 0.25) is 0 Å². The summed E-state index contributed by atoms with van der Waals surface area (Å²) in [5.41, 5.74) is 0. The number of amides is 3. The van der Waals surface area contributed by atoms with Crippen LogP contribution in [-0.4, -0.2) is 70.1 Å². The Balaban J connectivity index is 3.91. The van der Waals surface area contributed by atoms with Gasteiger partial charge in [0.1, 0.15) is 12.1 Å². The minimum absolute atomic E-state index is 0.0809. The van der Waals surface area contributed by atoms with Crippen molar-refractivity contribution in [2.45, 2.75) is 141 Å². The maximum absolute atomic E-state index is 12.2. The Hall–Kier alpha value is -3.18. The lowest BCUT2D eigenvalue weighted by Crippen LogP contribution is -2.44. The van der Waals surface area contributed by atoms with Crippen molar-refractivity contribution >= 4 is 35.6 Å². The second-order valence-electron chi connectivity index (χ2n) is 10.5. The zero-order valence-electron chi connectivity index (χ0n) is 24.6. The van der Waals surface area contributed by atoms with Gasteiger partial charge in [0.25, 0.3) is 0 Å². The van der Waals surface area contributed by atoms with Gasteiger partial charge in [-0.25, -0.2) is 9.59 Å². The van der Waals surface area contributed by atoms with E-state index in [0.29, 0.717) is 6.42 Å². The summed E-state index contributed by atoms with van der Waals surface area (Å²) in [7, 11) is 1.42. The van der Waals surface area contributed by atoms with Crippen LogP contribution in [0.25, 0.3) is 0 Å². The molecule has 2 atom stereocenters. The highest BCUT2D eigenvalue weighted by molar-refractivity contribution is 5.86. The molecule has 0 aliphatic heterocycles. The van der Waals surface area contributed by atoms with E-state index in [1.54, 1.807) is 0 Å². The van der Waals surface area contributed by atoms with E-state index in [0.717, 1.165) is 44.9 Å². The Morgan fingerprint density at radius 1 is 0.463 bits per heavy atom. The molecule has 236 valence electrons. The quantitative estimate of drug-likeness (QED) is 0.0777. The molecular formula is C29H51N3O9. The largest absolute Gasteiger partial charge is 0.481 e. The van der Waals surface area contributed by atoms with E-state index in [9.17, 15) is 39.0 Å². The number of nitrogens with one attached hydrogen (secondary N) is 3. The first-order chi connectivity index (χ1) is 19.6. The molecule has 0 bridgehead atoms. The van der Waals surface area contributed by atoms with Gasteiger partial charge in [-0.05, 0) is 25.7 Å². The van der Waals surface area contributed by atoms with Gasteiger partial charge in [0, 0.05) is 32.7 Å². The number of carbonyl (C=O) groups excluding carboxylic acids is 3. The zero-order chi connectivity index (χ0) is 30.9. The number of hydrogen-bond acceptors (Lipinski definition) is 6. The second-order valence-corrected chi connectivity index (χ2v) is 10.5. The van der Waals surface area contributed by atoms with Gasteiger partial charge in [0.05, 0.1) is 0 Å². The predicted molar refractivity (Wildman–Crippen MR) is 153 cm³/mol. The van der Waals surface area contributed by atoms with E-state index in [-0.39, 0.29) is 44.4 Å². The number of carboxylic acids is 3. The van der Waals surface area contributed by atoms with Gasteiger partial charge in [0.15, 0.2) is 0 Å². The summed E-state index contributed by atoms with van der Waals surface area (Å²) < 4.78 is 0. The smallest absolute Gasteiger partial charge is 0.326 e. The van der Waals surface area contributed by atoms with Crippen molar-refractivity contribution in [3.63, 3.8) is 0 Å². The number of carbonyl (C=O) groups is 6. The summed E-state index contributed by atoms with van der Waals surface area (Å²) in [6, 6.07) is -2.52. The van der Waals surface area contributed by atoms with Crippen molar-refractivity contribution in [3.05, 3.63) is 0 Å². The maximum Gasteiger partial charge on any atom is 0.326 e. The molecule has 0 aliphatic carbocycles. The predicted octanol–water partition coefficient (Wildman–Crippen LogP) is 3.76. The fourth-order valence-corrected chi connectivity index (χ4v) is 4.41. The molecule has 0 aromatic rings. The third-order valence-corrected chi connectivity index (χ3v) is 6.91. The van der Waals surface area contributed by atoms with Gasteiger partial charge in [-0.2, -0.15) is 0 Å². The molecule has 0 rings (SSSR count). The number of rotatable bonds is 27. The van der Waals surface area contributed by atoms with Crippen LogP contribution in [0.3, 0.4) is 0 Å². The van der Waals surface area contributed by atoms with Crippen LogP contribution in [0.1, 0.15) is 128 Å². The van der Waals surface area contributed by atoms with Crippen LogP contribution in [0, 0.1) is 0 Å². The molecule has 0 aromatic heterocycles. The van der Waals surface area contributed by atoms with Crippen LogP contribution >= 0.6 is 0 Å². The first-order valence-electron chi connectivity index (χ1n) is 15.0. The van der Waals surface area contributed by atoms with E-state index >= 15 is 0 Å². The number of carboxylic acid groups (broad SMARTS) is 3. The SMILES string of the molecule is CNC(=O)CC[C@H](NC(=O)CC[C@H](NC(=O)CCCCCCCCCCCCCCCCC(=O)O)C(=O)O)C(=O)O. The maximum atomic E-state index is 12.2. The summed E-state index contributed by atoms with van der Waals surface area (Å²) in [6.45, 7) is 0. The molecule has 0 unspecified atom stereocenters. The summed E-state index contributed by atoms with van der Waals surface area (Å²) in [5, 5.41) is 34.3. The van der Waals surface area contributed by atoms with E-state index in [1.165, 1.54) is 45.6 Å². The normalized spacial score (nSPS) is 12.2. The molecule has 12 heteroatoms. The fourth-order valence-electron chi connectivity index (χ4n) is 4.41. The molecule has 0 spiro atoms. The van der Waals surface area contributed by atoms with Crippen LogP contribution in [-0.2, 0) is 28.8 Å². The van der Waals surface area contributed by atoms with E-state index in [4.69, 9.17) is 5.11 Å². The molecule has 0 saturated heterocycles. The third-order valence-electron chi connectivity index (χ3n) is 6.91. The molecule has 0 radical (unpaired) electrons. The highest BCUT2D eigenvalue weighted by Gasteiger charge is 2.24. The first kappa shape index (κ1) is 37.8. The summed E-state index contributed by atoms with van der Waals surface area (Å²) in [4.78, 5) is 68.9. The van der Waals surface area contributed by atoms with Crippen LogP contribution in [0.4, 0.5) is 0 Å². The molecule has 3 amide bonds. The lowest BCUT2D eigenvalue weighted by Gasteiger charge is -2.17. The summed E-state index contributed by atoms with van der Waals surface area (Å²) >= 11 is 0.